The molecule has 0 radical (unpaired) electrons. The number of rotatable bonds is 8. The fourth-order valence-electron chi connectivity index (χ4n) is 2.48. The third-order valence-electron chi connectivity index (χ3n) is 3.42. The quantitative estimate of drug-likeness (QED) is 0.618. The van der Waals surface area contributed by atoms with E-state index in [0.717, 1.165) is 26.2 Å². The van der Waals surface area contributed by atoms with Gasteiger partial charge in [-0.15, -0.1) is 0 Å². The summed E-state index contributed by atoms with van der Waals surface area (Å²) in [5.41, 5.74) is 0.370. The van der Waals surface area contributed by atoms with Crippen molar-refractivity contribution in [2.75, 3.05) is 66.5 Å². The van der Waals surface area contributed by atoms with Crippen LogP contribution in [0.25, 0.3) is 0 Å². The zero-order chi connectivity index (χ0) is 13.4. The minimum absolute atomic E-state index is 0.370. The lowest BCUT2D eigenvalue weighted by Gasteiger charge is -2.35. The molecule has 108 valence electrons. The summed E-state index contributed by atoms with van der Waals surface area (Å²) in [5.74, 6) is 0. The van der Waals surface area contributed by atoms with E-state index in [0.29, 0.717) is 5.41 Å². The molecule has 1 aliphatic heterocycles. The zero-order valence-corrected chi connectivity index (χ0v) is 12.8. The average molecular weight is 256 g/mol. The standard InChI is InChI=1S/C14H32N4/c1-14(2,12-16-6-5-9-17(3)4)13-18-10-7-15-8-11-18/h15-16H,5-13H2,1-4H3. The summed E-state index contributed by atoms with van der Waals surface area (Å²) in [4.78, 5) is 4.82. The Balaban J connectivity index is 2.10. The third-order valence-corrected chi connectivity index (χ3v) is 3.42. The molecule has 0 aliphatic carbocycles. The second-order valence-corrected chi connectivity index (χ2v) is 6.52. The summed E-state index contributed by atoms with van der Waals surface area (Å²) in [6.07, 6.45) is 1.23. The van der Waals surface area contributed by atoms with Crippen molar-refractivity contribution in [3.63, 3.8) is 0 Å². The third kappa shape index (κ3) is 7.31. The van der Waals surface area contributed by atoms with Gasteiger partial charge in [-0.1, -0.05) is 13.8 Å². The first-order valence-electron chi connectivity index (χ1n) is 7.28. The lowest BCUT2D eigenvalue weighted by Crippen LogP contribution is -2.48. The number of nitrogens with zero attached hydrogens (tertiary/aromatic N) is 2. The molecule has 4 nitrogen and oxygen atoms in total. The van der Waals surface area contributed by atoms with Gasteiger partial charge in [0, 0.05) is 39.3 Å². The van der Waals surface area contributed by atoms with Crippen LogP contribution in [-0.4, -0.2) is 76.3 Å². The molecule has 1 rings (SSSR count). The van der Waals surface area contributed by atoms with E-state index in [9.17, 15) is 0 Å². The normalized spacial score (nSPS) is 18.5. The van der Waals surface area contributed by atoms with Crippen molar-refractivity contribution in [1.29, 1.82) is 0 Å². The Morgan fingerprint density at radius 1 is 1.22 bits per heavy atom. The summed E-state index contributed by atoms with van der Waals surface area (Å²) in [5, 5.41) is 7.01. The van der Waals surface area contributed by atoms with Crippen LogP contribution in [0.4, 0.5) is 0 Å². The summed E-state index contributed by atoms with van der Waals surface area (Å²) in [6.45, 7) is 14.0. The average Bonchev–Trinajstić information content (AvgIpc) is 2.28. The summed E-state index contributed by atoms with van der Waals surface area (Å²) >= 11 is 0. The Morgan fingerprint density at radius 3 is 2.50 bits per heavy atom. The van der Waals surface area contributed by atoms with Gasteiger partial charge in [-0.3, -0.25) is 0 Å². The summed E-state index contributed by atoms with van der Waals surface area (Å²) in [6, 6.07) is 0. The van der Waals surface area contributed by atoms with Crippen molar-refractivity contribution < 1.29 is 0 Å². The van der Waals surface area contributed by atoms with Gasteiger partial charge in [-0.25, -0.2) is 0 Å². The molecule has 0 aromatic rings. The van der Waals surface area contributed by atoms with Crippen molar-refractivity contribution in [3.8, 4) is 0 Å². The first-order valence-corrected chi connectivity index (χ1v) is 7.28. The highest BCUT2D eigenvalue weighted by atomic mass is 15.2. The number of hydrogen-bond acceptors (Lipinski definition) is 4. The van der Waals surface area contributed by atoms with Crippen LogP contribution in [0, 0.1) is 5.41 Å². The van der Waals surface area contributed by atoms with Crippen molar-refractivity contribution in [2.24, 2.45) is 5.41 Å². The van der Waals surface area contributed by atoms with Gasteiger partial charge < -0.3 is 20.4 Å². The predicted octanol–water partition coefficient (Wildman–Crippen LogP) is 0.459. The van der Waals surface area contributed by atoms with Gasteiger partial charge in [0.1, 0.15) is 0 Å². The fourth-order valence-corrected chi connectivity index (χ4v) is 2.48. The molecule has 1 aliphatic rings. The first-order chi connectivity index (χ1) is 8.49. The van der Waals surface area contributed by atoms with E-state index >= 15 is 0 Å². The molecule has 1 heterocycles. The summed E-state index contributed by atoms with van der Waals surface area (Å²) < 4.78 is 0. The van der Waals surface area contributed by atoms with E-state index in [2.05, 4.69) is 48.4 Å². The van der Waals surface area contributed by atoms with Crippen LogP contribution in [0.2, 0.25) is 0 Å². The second kappa shape index (κ2) is 8.10. The zero-order valence-electron chi connectivity index (χ0n) is 12.8. The van der Waals surface area contributed by atoms with Crippen LogP contribution in [0.5, 0.6) is 0 Å². The number of nitrogens with one attached hydrogen (secondary N) is 2. The molecular weight excluding hydrogens is 224 g/mol. The van der Waals surface area contributed by atoms with Crippen LogP contribution in [0.15, 0.2) is 0 Å². The van der Waals surface area contributed by atoms with Crippen molar-refractivity contribution in [2.45, 2.75) is 20.3 Å². The van der Waals surface area contributed by atoms with Gasteiger partial charge in [0.2, 0.25) is 0 Å². The molecule has 0 aromatic heterocycles. The Kier molecular flexibility index (Phi) is 7.15. The highest BCUT2D eigenvalue weighted by Crippen LogP contribution is 2.16. The van der Waals surface area contributed by atoms with Gasteiger partial charge in [0.05, 0.1) is 0 Å². The molecule has 0 spiro atoms. The molecule has 1 saturated heterocycles. The van der Waals surface area contributed by atoms with Gasteiger partial charge in [0.15, 0.2) is 0 Å². The molecule has 0 unspecified atom stereocenters. The molecule has 1 fully saturated rings. The molecule has 0 saturated carbocycles. The van der Waals surface area contributed by atoms with Crippen LogP contribution in [-0.2, 0) is 0 Å². The molecule has 0 amide bonds. The van der Waals surface area contributed by atoms with Crippen LogP contribution >= 0.6 is 0 Å². The number of piperazine rings is 1. The largest absolute Gasteiger partial charge is 0.316 e. The highest BCUT2D eigenvalue weighted by molar-refractivity contribution is 4.79. The minimum Gasteiger partial charge on any atom is -0.316 e. The van der Waals surface area contributed by atoms with E-state index in [1.807, 2.05) is 0 Å². The maximum atomic E-state index is 3.60. The topological polar surface area (TPSA) is 30.5 Å². The molecule has 18 heavy (non-hydrogen) atoms. The molecule has 2 N–H and O–H groups in total. The van der Waals surface area contributed by atoms with E-state index in [-0.39, 0.29) is 0 Å². The van der Waals surface area contributed by atoms with Gasteiger partial charge in [-0.2, -0.15) is 0 Å². The second-order valence-electron chi connectivity index (χ2n) is 6.52. The van der Waals surface area contributed by atoms with Crippen molar-refractivity contribution in [1.82, 2.24) is 20.4 Å². The molecule has 0 aromatic carbocycles. The smallest absolute Gasteiger partial charge is 0.0108 e. The lowest BCUT2D eigenvalue weighted by molar-refractivity contribution is 0.158. The Hall–Kier alpha value is -0.160. The molecule has 4 heteroatoms. The Bertz CT molecular complexity index is 210. The van der Waals surface area contributed by atoms with Gasteiger partial charge >= 0.3 is 0 Å². The van der Waals surface area contributed by atoms with Gasteiger partial charge in [-0.05, 0) is 39.0 Å². The number of hydrogen-bond donors (Lipinski definition) is 2. The lowest BCUT2D eigenvalue weighted by atomic mass is 9.92. The fraction of sp³-hybridized carbons (Fsp3) is 1.00. The Labute approximate surface area is 113 Å². The van der Waals surface area contributed by atoms with Crippen LogP contribution in [0.3, 0.4) is 0 Å². The Morgan fingerprint density at radius 2 is 1.89 bits per heavy atom. The maximum Gasteiger partial charge on any atom is 0.0108 e. The summed E-state index contributed by atoms with van der Waals surface area (Å²) in [7, 11) is 4.27. The monoisotopic (exact) mass is 256 g/mol. The van der Waals surface area contributed by atoms with E-state index in [4.69, 9.17) is 0 Å². The maximum absolute atomic E-state index is 3.60. The first kappa shape index (κ1) is 15.9. The minimum atomic E-state index is 0.370. The van der Waals surface area contributed by atoms with Crippen molar-refractivity contribution in [3.05, 3.63) is 0 Å². The van der Waals surface area contributed by atoms with E-state index in [1.54, 1.807) is 0 Å². The van der Waals surface area contributed by atoms with Gasteiger partial charge in [0.25, 0.3) is 0 Å². The van der Waals surface area contributed by atoms with E-state index in [1.165, 1.54) is 32.6 Å². The molecular formula is C14H32N4. The predicted molar refractivity (Wildman–Crippen MR) is 79.1 cm³/mol. The van der Waals surface area contributed by atoms with Crippen LogP contribution < -0.4 is 10.6 Å². The van der Waals surface area contributed by atoms with E-state index < -0.39 is 0 Å². The molecule has 0 bridgehead atoms. The van der Waals surface area contributed by atoms with Crippen molar-refractivity contribution >= 4 is 0 Å². The highest BCUT2D eigenvalue weighted by Gasteiger charge is 2.22. The van der Waals surface area contributed by atoms with Crippen LogP contribution in [0.1, 0.15) is 20.3 Å². The molecule has 0 atom stereocenters. The SMILES string of the molecule is CN(C)CCCNCC(C)(C)CN1CCNCC1.